The highest BCUT2D eigenvalue weighted by Crippen LogP contribution is 2.29. The molecule has 0 saturated carbocycles. The van der Waals surface area contributed by atoms with Crippen LogP contribution in [0.25, 0.3) is 0 Å². The van der Waals surface area contributed by atoms with Crippen molar-refractivity contribution in [1.82, 2.24) is 0 Å². The fourth-order valence-electron chi connectivity index (χ4n) is 1.92. The highest BCUT2D eigenvalue weighted by atomic mass is 35.5. The van der Waals surface area contributed by atoms with Crippen molar-refractivity contribution in [2.24, 2.45) is 0 Å². The molecule has 100 valence electrons. The van der Waals surface area contributed by atoms with E-state index in [1.165, 1.54) is 18.2 Å². The van der Waals surface area contributed by atoms with Crippen molar-refractivity contribution in [2.75, 3.05) is 0 Å². The first kappa shape index (κ1) is 14.3. The van der Waals surface area contributed by atoms with Gasteiger partial charge in [-0.25, -0.2) is 4.39 Å². The van der Waals surface area contributed by atoms with Crippen LogP contribution < -0.4 is 0 Å². The van der Waals surface area contributed by atoms with Gasteiger partial charge in [0.05, 0.1) is 6.10 Å². The van der Waals surface area contributed by atoms with E-state index in [4.69, 9.17) is 23.2 Å². The molecule has 4 heteroatoms. The Morgan fingerprint density at radius 1 is 1.11 bits per heavy atom. The van der Waals surface area contributed by atoms with Crippen LogP contribution in [0.5, 0.6) is 0 Å². The van der Waals surface area contributed by atoms with E-state index >= 15 is 0 Å². The Hall–Kier alpha value is -1.09. The summed E-state index contributed by atoms with van der Waals surface area (Å²) in [5, 5.41) is 11.1. The molecule has 0 aliphatic heterocycles. The zero-order valence-electron chi connectivity index (χ0n) is 10.3. The van der Waals surface area contributed by atoms with Gasteiger partial charge in [0.25, 0.3) is 0 Å². The molecule has 0 aliphatic carbocycles. The summed E-state index contributed by atoms with van der Waals surface area (Å²) in [4.78, 5) is 0. The lowest BCUT2D eigenvalue weighted by Gasteiger charge is -2.14. The van der Waals surface area contributed by atoms with E-state index in [1.807, 2.05) is 13.0 Å². The van der Waals surface area contributed by atoms with E-state index in [1.54, 1.807) is 12.1 Å². The maximum Gasteiger partial charge on any atom is 0.123 e. The van der Waals surface area contributed by atoms with Gasteiger partial charge in [0.1, 0.15) is 5.82 Å². The number of rotatable bonds is 3. The monoisotopic (exact) mass is 298 g/mol. The van der Waals surface area contributed by atoms with Crippen molar-refractivity contribution in [2.45, 2.75) is 19.4 Å². The number of aliphatic hydroxyl groups is 1. The molecule has 0 fully saturated rings. The summed E-state index contributed by atoms with van der Waals surface area (Å²) in [6.07, 6.45) is -0.591. The van der Waals surface area contributed by atoms with Gasteiger partial charge in [0, 0.05) is 16.5 Å². The van der Waals surface area contributed by atoms with Crippen LogP contribution in [0.2, 0.25) is 10.0 Å². The van der Waals surface area contributed by atoms with Gasteiger partial charge in [-0.15, -0.1) is 0 Å². The van der Waals surface area contributed by atoms with Crippen molar-refractivity contribution in [3.8, 4) is 0 Å². The van der Waals surface area contributed by atoms with Crippen molar-refractivity contribution in [3.05, 3.63) is 69.0 Å². The minimum Gasteiger partial charge on any atom is -0.388 e. The van der Waals surface area contributed by atoms with Crippen LogP contribution in [0.1, 0.15) is 22.8 Å². The van der Waals surface area contributed by atoms with Crippen molar-refractivity contribution < 1.29 is 9.50 Å². The standard InChI is InChI=1S/C15H13Cl2FO/c1-9-2-4-12(14(17)6-9)15(19)8-10-7-11(18)3-5-13(10)16/h2-7,15,19H,8H2,1H3. The van der Waals surface area contributed by atoms with E-state index in [0.717, 1.165) is 5.56 Å². The molecule has 2 aromatic carbocycles. The first-order valence-electron chi connectivity index (χ1n) is 5.85. The highest BCUT2D eigenvalue weighted by Gasteiger charge is 2.14. The summed E-state index contributed by atoms with van der Waals surface area (Å²) >= 11 is 12.1. The predicted octanol–water partition coefficient (Wildman–Crippen LogP) is 4.72. The third-order valence-corrected chi connectivity index (χ3v) is 3.63. The van der Waals surface area contributed by atoms with Crippen molar-refractivity contribution in [3.63, 3.8) is 0 Å². The molecular formula is C15H13Cl2FO. The molecule has 0 heterocycles. The highest BCUT2D eigenvalue weighted by molar-refractivity contribution is 6.31. The van der Waals surface area contributed by atoms with Crippen LogP contribution in [0, 0.1) is 12.7 Å². The number of aryl methyl sites for hydroxylation is 1. The number of halogens is 3. The van der Waals surface area contributed by atoms with E-state index in [2.05, 4.69) is 0 Å². The average molecular weight is 299 g/mol. The Labute approximate surface area is 121 Å². The van der Waals surface area contributed by atoms with Gasteiger partial charge in [0.2, 0.25) is 0 Å². The number of hydrogen-bond donors (Lipinski definition) is 1. The molecule has 2 rings (SSSR count). The molecular weight excluding hydrogens is 286 g/mol. The fourth-order valence-corrected chi connectivity index (χ4v) is 2.48. The molecule has 19 heavy (non-hydrogen) atoms. The molecule has 0 bridgehead atoms. The molecule has 0 radical (unpaired) electrons. The Bertz CT molecular complexity index is 599. The molecule has 0 spiro atoms. The molecule has 1 atom stereocenters. The minimum absolute atomic E-state index is 0.222. The molecule has 0 aliphatic rings. The molecule has 1 N–H and O–H groups in total. The molecule has 0 aromatic heterocycles. The van der Waals surface area contributed by atoms with Crippen LogP contribution in [0.15, 0.2) is 36.4 Å². The third-order valence-electron chi connectivity index (χ3n) is 2.94. The molecule has 1 unspecified atom stereocenters. The number of aliphatic hydroxyl groups excluding tert-OH is 1. The maximum atomic E-state index is 13.2. The van der Waals surface area contributed by atoms with Crippen molar-refractivity contribution >= 4 is 23.2 Å². The SMILES string of the molecule is Cc1ccc(C(O)Cc2cc(F)ccc2Cl)c(Cl)c1. The van der Waals surface area contributed by atoms with E-state index in [9.17, 15) is 9.50 Å². The second-order valence-corrected chi connectivity index (χ2v) is 5.30. The van der Waals surface area contributed by atoms with Crippen LogP contribution in [-0.4, -0.2) is 5.11 Å². The maximum absolute atomic E-state index is 13.2. The lowest BCUT2D eigenvalue weighted by Crippen LogP contribution is -2.03. The zero-order valence-corrected chi connectivity index (χ0v) is 11.8. The van der Waals surface area contributed by atoms with Gasteiger partial charge in [-0.2, -0.15) is 0 Å². The minimum atomic E-state index is -0.813. The van der Waals surface area contributed by atoms with E-state index in [-0.39, 0.29) is 12.2 Å². The number of benzene rings is 2. The van der Waals surface area contributed by atoms with Gasteiger partial charge in [0.15, 0.2) is 0 Å². The second kappa shape index (κ2) is 5.91. The topological polar surface area (TPSA) is 20.2 Å². The fraction of sp³-hybridized carbons (Fsp3) is 0.200. The third kappa shape index (κ3) is 3.47. The van der Waals surface area contributed by atoms with Gasteiger partial charge in [-0.05, 0) is 47.9 Å². The first-order valence-corrected chi connectivity index (χ1v) is 6.61. The van der Waals surface area contributed by atoms with Crippen LogP contribution in [-0.2, 0) is 6.42 Å². The predicted molar refractivity (Wildman–Crippen MR) is 76.3 cm³/mol. The lowest BCUT2D eigenvalue weighted by molar-refractivity contribution is 0.178. The summed E-state index contributed by atoms with van der Waals surface area (Å²) in [5.74, 6) is -0.374. The smallest absolute Gasteiger partial charge is 0.123 e. The lowest BCUT2D eigenvalue weighted by atomic mass is 10.0. The van der Waals surface area contributed by atoms with E-state index in [0.29, 0.717) is 21.2 Å². The second-order valence-electron chi connectivity index (χ2n) is 4.48. The normalized spacial score (nSPS) is 12.5. The summed E-state index contributed by atoms with van der Waals surface area (Å²) in [5.41, 5.74) is 2.20. The van der Waals surface area contributed by atoms with Gasteiger partial charge < -0.3 is 5.11 Å². The Morgan fingerprint density at radius 3 is 2.53 bits per heavy atom. The Balaban J connectivity index is 2.25. The van der Waals surface area contributed by atoms with Gasteiger partial charge in [-0.1, -0.05) is 35.3 Å². The van der Waals surface area contributed by atoms with E-state index < -0.39 is 6.10 Å². The van der Waals surface area contributed by atoms with Gasteiger partial charge >= 0.3 is 0 Å². The summed E-state index contributed by atoms with van der Waals surface area (Å²) in [6.45, 7) is 1.92. The summed E-state index contributed by atoms with van der Waals surface area (Å²) in [7, 11) is 0. The molecule has 0 saturated heterocycles. The van der Waals surface area contributed by atoms with Crippen LogP contribution in [0.4, 0.5) is 4.39 Å². The zero-order chi connectivity index (χ0) is 14.0. The average Bonchev–Trinajstić information content (AvgIpc) is 2.33. The summed E-state index contributed by atoms with van der Waals surface area (Å²) in [6, 6.07) is 9.53. The van der Waals surface area contributed by atoms with Crippen LogP contribution >= 0.6 is 23.2 Å². The summed E-state index contributed by atoms with van der Waals surface area (Å²) < 4.78 is 13.2. The Kier molecular flexibility index (Phi) is 4.46. The molecule has 0 amide bonds. The van der Waals surface area contributed by atoms with Crippen molar-refractivity contribution in [1.29, 1.82) is 0 Å². The molecule has 1 nitrogen and oxygen atoms in total. The first-order chi connectivity index (χ1) is 8.97. The Morgan fingerprint density at radius 2 is 1.84 bits per heavy atom. The van der Waals surface area contributed by atoms with Gasteiger partial charge in [-0.3, -0.25) is 0 Å². The number of hydrogen-bond acceptors (Lipinski definition) is 1. The quantitative estimate of drug-likeness (QED) is 0.869. The van der Waals surface area contributed by atoms with Crippen LogP contribution in [0.3, 0.4) is 0 Å². The molecule has 2 aromatic rings. The largest absolute Gasteiger partial charge is 0.388 e.